The van der Waals surface area contributed by atoms with Crippen molar-refractivity contribution in [2.24, 2.45) is 5.73 Å². The smallest absolute Gasteiger partial charge is 0.322 e. The zero-order valence-electron chi connectivity index (χ0n) is 12.3. The quantitative estimate of drug-likeness (QED) is 0.875. The van der Waals surface area contributed by atoms with E-state index in [1.165, 1.54) is 4.90 Å². The van der Waals surface area contributed by atoms with Gasteiger partial charge in [-0.25, -0.2) is 4.79 Å². The molecule has 0 aromatic heterocycles. The lowest BCUT2D eigenvalue weighted by atomic mass is 10.2. The van der Waals surface area contributed by atoms with Crippen LogP contribution in [0, 0.1) is 0 Å². The molecule has 6 nitrogen and oxygen atoms in total. The van der Waals surface area contributed by atoms with Crippen LogP contribution in [-0.4, -0.2) is 48.4 Å². The molecule has 0 unspecified atom stereocenters. The Bertz CT molecular complexity index is 512. The highest BCUT2D eigenvalue weighted by molar-refractivity contribution is 5.92. The standard InChI is InChI=1S/C15H22N4O2/c1-18(11-14(20)19-7-2-3-8-19)15(21)17-13-6-4-5-12(9-13)10-16/h4-6,9H,2-3,7-8,10-11,16H2,1H3,(H,17,21). The Labute approximate surface area is 124 Å². The number of rotatable bonds is 4. The molecule has 1 heterocycles. The third-order valence-corrected chi connectivity index (χ3v) is 3.59. The van der Waals surface area contributed by atoms with Crippen molar-refractivity contribution in [1.29, 1.82) is 0 Å². The molecule has 1 fully saturated rings. The molecule has 0 aliphatic carbocycles. The van der Waals surface area contributed by atoms with Crippen LogP contribution in [0.2, 0.25) is 0 Å². The van der Waals surface area contributed by atoms with Crippen LogP contribution in [0.4, 0.5) is 10.5 Å². The number of hydrogen-bond donors (Lipinski definition) is 2. The predicted octanol–water partition coefficient (Wildman–Crippen LogP) is 1.23. The van der Waals surface area contributed by atoms with Gasteiger partial charge in [0.05, 0.1) is 0 Å². The van der Waals surface area contributed by atoms with E-state index in [4.69, 9.17) is 5.73 Å². The molecule has 1 saturated heterocycles. The van der Waals surface area contributed by atoms with Crippen LogP contribution in [0.1, 0.15) is 18.4 Å². The van der Waals surface area contributed by atoms with Gasteiger partial charge in [0.15, 0.2) is 0 Å². The molecule has 0 atom stereocenters. The molecule has 0 saturated carbocycles. The van der Waals surface area contributed by atoms with Gasteiger partial charge in [0.2, 0.25) is 5.91 Å². The molecule has 3 amide bonds. The molecule has 0 bridgehead atoms. The van der Waals surface area contributed by atoms with Gasteiger partial charge in [-0.15, -0.1) is 0 Å². The van der Waals surface area contributed by atoms with Gasteiger partial charge in [0.25, 0.3) is 0 Å². The zero-order valence-corrected chi connectivity index (χ0v) is 12.3. The predicted molar refractivity (Wildman–Crippen MR) is 81.8 cm³/mol. The molecule has 114 valence electrons. The van der Waals surface area contributed by atoms with Crippen molar-refractivity contribution in [2.45, 2.75) is 19.4 Å². The summed E-state index contributed by atoms with van der Waals surface area (Å²) < 4.78 is 0. The molecule has 21 heavy (non-hydrogen) atoms. The molecular formula is C15H22N4O2. The van der Waals surface area contributed by atoms with E-state index >= 15 is 0 Å². The molecule has 3 N–H and O–H groups in total. The average molecular weight is 290 g/mol. The van der Waals surface area contributed by atoms with E-state index in [0.29, 0.717) is 12.2 Å². The molecule has 1 aliphatic rings. The molecule has 1 aliphatic heterocycles. The summed E-state index contributed by atoms with van der Waals surface area (Å²) in [7, 11) is 1.62. The summed E-state index contributed by atoms with van der Waals surface area (Å²) in [4.78, 5) is 27.3. The maximum atomic E-state index is 12.1. The second kappa shape index (κ2) is 7.08. The molecule has 0 radical (unpaired) electrons. The second-order valence-corrected chi connectivity index (χ2v) is 5.28. The van der Waals surface area contributed by atoms with E-state index in [0.717, 1.165) is 31.5 Å². The monoisotopic (exact) mass is 290 g/mol. The first-order valence-electron chi connectivity index (χ1n) is 7.19. The van der Waals surface area contributed by atoms with E-state index < -0.39 is 0 Å². The van der Waals surface area contributed by atoms with Crippen molar-refractivity contribution >= 4 is 17.6 Å². The lowest BCUT2D eigenvalue weighted by Crippen LogP contribution is -2.41. The third kappa shape index (κ3) is 4.19. The van der Waals surface area contributed by atoms with Gasteiger partial charge in [-0.05, 0) is 30.5 Å². The van der Waals surface area contributed by atoms with Gasteiger partial charge < -0.3 is 20.9 Å². The maximum absolute atomic E-state index is 12.1. The summed E-state index contributed by atoms with van der Waals surface area (Å²) in [6, 6.07) is 7.07. The highest BCUT2D eigenvalue weighted by Gasteiger charge is 2.21. The summed E-state index contributed by atoms with van der Waals surface area (Å²) in [5.74, 6) is 0.000795. The first-order chi connectivity index (χ1) is 10.1. The fraction of sp³-hybridized carbons (Fsp3) is 0.467. The van der Waals surface area contributed by atoms with Crippen molar-refractivity contribution in [2.75, 3.05) is 32.0 Å². The Morgan fingerprint density at radius 2 is 2.05 bits per heavy atom. The van der Waals surface area contributed by atoms with E-state index in [-0.39, 0.29) is 18.5 Å². The van der Waals surface area contributed by atoms with E-state index in [1.807, 2.05) is 18.2 Å². The molecular weight excluding hydrogens is 268 g/mol. The Morgan fingerprint density at radius 1 is 1.33 bits per heavy atom. The molecule has 1 aromatic rings. The van der Waals surface area contributed by atoms with Crippen LogP contribution in [0.3, 0.4) is 0 Å². The van der Waals surface area contributed by atoms with Crippen LogP contribution in [0.5, 0.6) is 0 Å². The average Bonchev–Trinajstić information content (AvgIpc) is 3.01. The number of carbonyl (C=O) groups is 2. The number of anilines is 1. The largest absolute Gasteiger partial charge is 0.341 e. The first kappa shape index (κ1) is 15.3. The molecule has 6 heteroatoms. The van der Waals surface area contributed by atoms with Crippen molar-refractivity contribution < 1.29 is 9.59 Å². The van der Waals surface area contributed by atoms with Crippen LogP contribution < -0.4 is 11.1 Å². The van der Waals surface area contributed by atoms with Gasteiger partial charge in [-0.2, -0.15) is 0 Å². The van der Waals surface area contributed by atoms with Crippen molar-refractivity contribution in [3.05, 3.63) is 29.8 Å². The Kier molecular flexibility index (Phi) is 5.16. The lowest BCUT2D eigenvalue weighted by molar-refractivity contribution is -0.130. The topological polar surface area (TPSA) is 78.7 Å². The number of urea groups is 1. The van der Waals surface area contributed by atoms with Gasteiger partial charge >= 0.3 is 6.03 Å². The fourth-order valence-electron chi connectivity index (χ4n) is 2.34. The number of nitrogens with one attached hydrogen (secondary N) is 1. The second-order valence-electron chi connectivity index (χ2n) is 5.28. The van der Waals surface area contributed by atoms with Crippen molar-refractivity contribution in [1.82, 2.24) is 9.80 Å². The Balaban J connectivity index is 1.88. The molecule has 1 aromatic carbocycles. The number of nitrogens with two attached hydrogens (primary N) is 1. The summed E-state index contributed by atoms with van der Waals surface area (Å²) in [5.41, 5.74) is 7.20. The number of benzene rings is 1. The summed E-state index contributed by atoms with van der Waals surface area (Å²) >= 11 is 0. The van der Waals surface area contributed by atoms with Gasteiger partial charge in [0, 0.05) is 32.4 Å². The lowest BCUT2D eigenvalue weighted by Gasteiger charge is -2.21. The van der Waals surface area contributed by atoms with E-state index in [1.54, 1.807) is 18.0 Å². The third-order valence-electron chi connectivity index (χ3n) is 3.59. The normalized spacial score (nSPS) is 14.1. The number of likely N-dealkylation sites (tertiary alicyclic amines) is 1. The highest BCUT2D eigenvalue weighted by Crippen LogP contribution is 2.11. The zero-order chi connectivity index (χ0) is 15.2. The van der Waals surface area contributed by atoms with Crippen molar-refractivity contribution in [3.8, 4) is 0 Å². The van der Waals surface area contributed by atoms with Crippen LogP contribution in [-0.2, 0) is 11.3 Å². The Morgan fingerprint density at radius 3 is 2.71 bits per heavy atom. The minimum Gasteiger partial charge on any atom is -0.341 e. The number of nitrogens with zero attached hydrogens (tertiary/aromatic N) is 2. The minimum absolute atomic E-state index is 0.000795. The summed E-state index contributed by atoms with van der Waals surface area (Å²) in [6.45, 7) is 2.12. The van der Waals surface area contributed by atoms with Crippen molar-refractivity contribution in [3.63, 3.8) is 0 Å². The van der Waals surface area contributed by atoms with Crippen LogP contribution in [0.15, 0.2) is 24.3 Å². The first-order valence-corrected chi connectivity index (χ1v) is 7.19. The van der Waals surface area contributed by atoms with Crippen LogP contribution in [0.25, 0.3) is 0 Å². The summed E-state index contributed by atoms with van der Waals surface area (Å²) in [6.07, 6.45) is 2.10. The summed E-state index contributed by atoms with van der Waals surface area (Å²) in [5, 5.41) is 2.77. The highest BCUT2D eigenvalue weighted by atomic mass is 16.2. The van der Waals surface area contributed by atoms with Gasteiger partial charge in [-0.3, -0.25) is 4.79 Å². The molecule has 0 spiro atoms. The number of carbonyl (C=O) groups excluding carboxylic acids is 2. The molecule has 2 rings (SSSR count). The van der Waals surface area contributed by atoms with E-state index in [9.17, 15) is 9.59 Å². The minimum atomic E-state index is -0.295. The van der Waals surface area contributed by atoms with Gasteiger partial charge in [-0.1, -0.05) is 12.1 Å². The van der Waals surface area contributed by atoms with E-state index in [2.05, 4.69) is 5.32 Å². The number of likely N-dealkylation sites (N-methyl/N-ethyl adjacent to an activating group) is 1. The maximum Gasteiger partial charge on any atom is 0.322 e. The van der Waals surface area contributed by atoms with Crippen LogP contribution >= 0.6 is 0 Å². The number of hydrogen-bond acceptors (Lipinski definition) is 3. The number of amides is 3. The Hall–Kier alpha value is -2.08. The fourth-order valence-corrected chi connectivity index (χ4v) is 2.34. The van der Waals surface area contributed by atoms with Gasteiger partial charge in [0.1, 0.15) is 6.54 Å². The SMILES string of the molecule is CN(CC(=O)N1CCCC1)C(=O)Nc1cccc(CN)c1.